The lowest BCUT2D eigenvalue weighted by atomic mass is 9.87. The fourth-order valence-electron chi connectivity index (χ4n) is 5.08. The van der Waals surface area contributed by atoms with Crippen LogP contribution >= 0.6 is 0 Å². The molecule has 3 aromatic carbocycles. The van der Waals surface area contributed by atoms with Crippen LogP contribution in [0.1, 0.15) is 57.1 Å². The van der Waals surface area contributed by atoms with Crippen LogP contribution in [0.25, 0.3) is 11.0 Å². The molecule has 0 fully saturated rings. The number of hydrogen-bond acceptors (Lipinski definition) is 4. The molecule has 0 spiro atoms. The van der Waals surface area contributed by atoms with Crippen molar-refractivity contribution in [3.8, 4) is 5.75 Å². The first kappa shape index (κ1) is 28.4. The number of aryl methyl sites for hydroxylation is 2. The maximum absolute atomic E-state index is 14.1. The largest absolute Gasteiger partial charge is 0.486 e. The van der Waals surface area contributed by atoms with E-state index in [1.165, 1.54) is 5.56 Å². The molecule has 1 atom stereocenters. The van der Waals surface area contributed by atoms with E-state index in [-0.39, 0.29) is 30.5 Å². The Bertz CT molecular complexity index is 1420. The zero-order chi connectivity index (χ0) is 28.2. The van der Waals surface area contributed by atoms with Gasteiger partial charge < -0.3 is 18.9 Å². The second-order valence-electron chi connectivity index (χ2n) is 11.2. The van der Waals surface area contributed by atoms with Crippen molar-refractivity contribution in [1.82, 2.24) is 9.55 Å². The molecule has 1 amide bonds. The highest BCUT2D eigenvalue weighted by Gasteiger charge is 2.27. The van der Waals surface area contributed by atoms with Gasteiger partial charge in [-0.1, -0.05) is 70.2 Å². The number of rotatable bonds is 10. The first-order valence-electron chi connectivity index (χ1n) is 13.7. The molecule has 4 aromatic rings. The maximum atomic E-state index is 14.1. The standard InChI is InChI=1S/C33H41N3O3/c1-8-25-13-11-12-23(2)32(25)36(24(3)21-38-7)31(37)20-35-29-15-10-9-14-28(29)34-30(35)22-39-27-18-16-26(17-19-27)33(4,5)6/h9-19,24H,8,20-22H2,1-7H3/t24-/m0/s1. The summed E-state index contributed by atoms with van der Waals surface area (Å²) in [5.74, 6) is 1.47. The highest BCUT2D eigenvalue weighted by Crippen LogP contribution is 2.29. The summed E-state index contributed by atoms with van der Waals surface area (Å²) >= 11 is 0. The van der Waals surface area contributed by atoms with Gasteiger partial charge in [0.2, 0.25) is 5.91 Å². The summed E-state index contributed by atoms with van der Waals surface area (Å²) < 4.78 is 13.6. The van der Waals surface area contributed by atoms with Crippen LogP contribution in [-0.2, 0) is 34.5 Å². The van der Waals surface area contributed by atoms with E-state index in [2.05, 4.69) is 58.9 Å². The molecule has 0 N–H and O–H groups in total. The molecule has 4 rings (SSSR count). The van der Waals surface area contributed by atoms with Crippen molar-refractivity contribution >= 4 is 22.6 Å². The molecule has 0 saturated carbocycles. The van der Waals surface area contributed by atoms with Crippen LogP contribution in [-0.4, -0.2) is 35.2 Å². The smallest absolute Gasteiger partial charge is 0.247 e. The minimum Gasteiger partial charge on any atom is -0.486 e. The predicted octanol–water partition coefficient (Wildman–Crippen LogP) is 6.85. The number of amides is 1. The zero-order valence-electron chi connectivity index (χ0n) is 24.3. The molecule has 6 nitrogen and oxygen atoms in total. The Morgan fingerprint density at radius 3 is 2.41 bits per heavy atom. The average Bonchev–Trinajstić information content (AvgIpc) is 3.25. The highest BCUT2D eigenvalue weighted by atomic mass is 16.5. The van der Waals surface area contributed by atoms with E-state index in [0.717, 1.165) is 40.0 Å². The molecule has 0 radical (unpaired) electrons. The molecule has 206 valence electrons. The van der Waals surface area contributed by atoms with E-state index >= 15 is 0 Å². The van der Waals surface area contributed by atoms with Crippen LogP contribution < -0.4 is 9.64 Å². The summed E-state index contributed by atoms with van der Waals surface area (Å²) in [6, 6.07) is 22.2. The van der Waals surface area contributed by atoms with Crippen molar-refractivity contribution in [2.45, 2.75) is 72.6 Å². The van der Waals surface area contributed by atoms with Crippen LogP contribution in [0.5, 0.6) is 5.75 Å². The number of fused-ring (bicyclic) bond motifs is 1. The van der Waals surface area contributed by atoms with E-state index in [9.17, 15) is 4.79 Å². The number of ether oxygens (including phenoxy) is 2. The molecule has 6 heteroatoms. The Labute approximate surface area is 232 Å². The number of imidazole rings is 1. The third-order valence-corrected chi connectivity index (χ3v) is 7.18. The second kappa shape index (κ2) is 12.0. The number of anilines is 1. The summed E-state index contributed by atoms with van der Waals surface area (Å²) in [5.41, 5.74) is 6.26. The number of nitrogens with zero attached hydrogens (tertiary/aromatic N) is 3. The van der Waals surface area contributed by atoms with Crippen molar-refractivity contribution in [1.29, 1.82) is 0 Å². The van der Waals surface area contributed by atoms with Crippen LogP contribution in [0.4, 0.5) is 5.69 Å². The van der Waals surface area contributed by atoms with Crippen LogP contribution in [0, 0.1) is 6.92 Å². The Balaban J connectivity index is 1.66. The Kier molecular flexibility index (Phi) is 8.76. The quantitative estimate of drug-likeness (QED) is 0.226. The van der Waals surface area contributed by atoms with Gasteiger partial charge in [0, 0.05) is 7.11 Å². The Morgan fingerprint density at radius 1 is 1.03 bits per heavy atom. The Morgan fingerprint density at radius 2 is 1.74 bits per heavy atom. The lowest BCUT2D eigenvalue weighted by Crippen LogP contribution is -2.44. The number of carbonyl (C=O) groups is 1. The van der Waals surface area contributed by atoms with Crippen molar-refractivity contribution in [3.05, 3.63) is 89.2 Å². The summed E-state index contributed by atoms with van der Waals surface area (Å²) in [6.45, 7) is 13.6. The molecule has 1 heterocycles. The molecule has 0 saturated heterocycles. The van der Waals surface area contributed by atoms with E-state index in [4.69, 9.17) is 14.5 Å². The average molecular weight is 528 g/mol. The number of carbonyl (C=O) groups excluding carboxylic acids is 1. The molecule has 39 heavy (non-hydrogen) atoms. The van der Waals surface area contributed by atoms with Crippen molar-refractivity contribution in [2.75, 3.05) is 18.6 Å². The van der Waals surface area contributed by atoms with E-state index in [1.54, 1.807) is 7.11 Å². The lowest BCUT2D eigenvalue weighted by molar-refractivity contribution is -0.119. The van der Waals surface area contributed by atoms with Gasteiger partial charge >= 0.3 is 0 Å². The van der Waals surface area contributed by atoms with E-state index in [0.29, 0.717) is 12.4 Å². The molecular formula is C33H41N3O3. The lowest BCUT2D eigenvalue weighted by Gasteiger charge is -2.32. The van der Waals surface area contributed by atoms with Gasteiger partial charge in [0.25, 0.3) is 0 Å². The summed E-state index contributed by atoms with van der Waals surface area (Å²) in [6.07, 6.45) is 0.835. The van der Waals surface area contributed by atoms with Gasteiger partial charge in [-0.15, -0.1) is 0 Å². The van der Waals surface area contributed by atoms with E-state index in [1.807, 2.05) is 58.9 Å². The predicted molar refractivity (Wildman–Crippen MR) is 159 cm³/mol. The van der Waals surface area contributed by atoms with Gasteiger partial charge in [0.15, 0.2) is 0 Å². The van der Waals surface area contributed by atoms with Crippen LogP contribution in [0.3, 0.4) is 0 Å². The topological polar surface area (TPSA) is 56.6 Å². The van der Waals surface area contributed by atoms with E-state index < -0.39 is 0 Å². The van der Waals surface area contributed by atoms with Gasteiger partial charge in [-0.25, -0.2) is 4.98 Å². The summed E-state index contributed by atoms with van der Waals surface area (Å²) in [7, 11) is 1.67. The van der Waals surface area contributed by atoms with Crippen molar-refractivity contribution < 1.29 is 14.3 Å². The molecular weight excluding hydrogens is 486 g/mol. The minimum absolute atomic E-state index is 0.0116. The molecule has 0 aliphatic heterocycles. The van der Waals surface area contributed by atoms with Gasteiger partial charge in [-0.3, -0.25) is 4.79 Å². The molecule has 0 aliphatic rings. The van der Waals surface area contributed by atoms with Gasteiger partial charge in [0.05, 0.1) is 29.4 Å². The number of para-hydroxylation sites is 3. The molecule has 0 bridgehead atoms. The Hall–Kier alpha value is -3.64. The fourth-order valence-corrected chi connectivity index (χ4v) is 5.08. The number of hydrogen-bond donors (Lipinski definition) is 0. The third kappa shape index (κ3) is 6.34. The number of benzene rings is 3. The first-order valence-corrected chi connectivity index (χ1v) is 13.7. The van der Waals surface area contributed by atoms with Crippen LogP contribution in [0.2, 0.25) is 0 Å². The number of aromatic nitrogens is 2. The van der Waals surface area contributed by atoms with Gasteiger partial charge in [-0.05, 0) is 66.6 Å². The van der Waals surface area contributed by atoms with Gasteiger partial charge in [-0.2, -0.15) is 0 Å². The monoisotopic (exact) mass is 527 g/mol. The molecule has 0 aliphatic carbocycles. The normalized spacial score (nSPS) is 12.5. The summed E-state index contributed by atoms with van der Waals surface area (Å²) in [5, 5.41) is 0. The fraction of sp³-hybridized carbons (Fsp3) is 0.394. The molecule has 0 unspecified atom stereocenters. The van der Waals surface area contributed by atoms with Crippen molar-refractivity contribution in [3.63, 3.8) is 0 Å². The highest BCUT2D eigenvalue weighted by molar-refractivity contribution is 5.96. The number of methoxy groups -OCH3 is 1. The summed E-state index contributed by atoms with van der Waals surface area (Å²) in [4.78, 5) is 20.9. The third-order valence-electron chi connectivity index (χ3n) is 7.18. The van der Waals surface area contributed by atoms with Gasteiger partial charge in [0.1, 0.15) is 24.7 Å². The molecule has 1 aromatic heterocycles. The van der Waals surface area contributed by atoms with Crippen LogP contribution in [0.15, 0.2) is 66.7 Å². The first-order chi connectivity index (χ1) is 18.6. The SMILES string of the molecule is CCc1cccc(C)c1N(C(=O)Cn1c(COc2ccc(C(C)(C)C)cc2)nc2ccccc21)[C@@H](C)COC. The van der Waals surface area contributed by atoms with Crippen molar-refractivity contribution in [2.24, 2.45) is 0 Å². The minimum atomic E-state index is -0.135. The maximum Gasteiger partial charge on any atom is 0.247 e. The second-order valence-corrected chi connectivity index (χ2v) is 11.2. The zero-order valence-corrected chi connectivity index (χ0v) is 24.3.